The second-order valence-electron chi connectivity index (χ2n) is 11.2. The molecule has 0 aromatic heterocycles. The summed E-state index contributed by atoms with van der Waals surface area (Å²) in [6, 6.07) is -2.07. The maximum atomic E-state index is 12.1. The van der Waals surface area contributed by atoms with Crippen molar-refractivity contribution in [2.45, 2.75) is 114 Å². The summed E-state index contributed by atoms with van der Waals surface area (Å²) < 4.78 is 22.2. The zero-order valence-corrected chi connectivity index (χ0v) is 26.2. The van der Waals surface area contributed by atoms with Crippen molar-refractivity contribution < 1.29 is 68.8 Å². The number of carbonyl (C=O) groups is 4. The zero-order valence-electron chi connectivity index (χ0n) is 26.2. The van der Waals surface area contributed by atoms with Crippen molar-refractivity contribution >= 4 is 23.6 Å². The molecule has 2 saturated heterocycles. The van der Waals surface area contributed by atoms with Crippen molar-refractivity contribution in [2.24, 2.45) is 0 Å². The van der Waals surface area contributed by atoms with Crippen molar-refractivity contribution in [1.29, 1.82) is 0 Å². The number of amides is 4. The summed E-state index contributed by atoms with van der Waals surface area (Å²) in [5.74, 6) is -1.36. The molecule has 2 aliphatic heterocycles. The number of hydrogen-bond acceptors (Lipinski definition) is 14. The van der Waals surface area contributed by atoms with Crippen LogP contribution in [-0.2, 0) is 38.1 Å². The maximum Gasteiger partial charge on any atom is 0.220 e. The Kier molecular flexibility index (Phi) is 17.8. The Labute approximate surface area is 267 Å². The molecule has 0 aromatic rings. The molecule has 2 fully saturated rings. The molecule has 2 heterocycles. The average Bonchev–Trinajstić information content (AvgIpc) is 3.01. The largest absolute Gasteiger partial charge is 0.394 e. The number of ether oxygens (including phenoxy) is 4. The van der Waals surface area contributed by atoms with Crippen LogP contribution in [-0.4, -0.2) is 155 Å². The normalized spacial score (nSPS) is 31.1. The molecule has 2 rings (SSSR count). The molecule has 0 spiro atoms. The van der Waals surface area contributed by atoms with Gasteiger partial charge >= 0.3 is 0 Å². The Morgan fingerprint density at radius 3 is 1.30 bits per heavy atom. The third-order valence-corrected chi connectivity index (χ3v) is 7.43. The summed E-state index contributed by atoms with van der Waals surface area (Å²) in [5.41, 5.74) is 0. The monoisotopic (exact) mass is 666 g/mol. The molecule has 0 aliphatic carbocycles. The number of rotatable bonds is 19. The van der Waals surface area contributed by atoms with Gasteiger partial charge in [-0.25, -0.2) is 0 Å². The second-order valence-corrected chi connectivity index (χ2v) is 11.2. The first-order valence-electron chi connectivity index (χ1n) is 15.4. The number of unbranched alkanes of at least 4 members (excludes halogenated alkanes) is 2. The number of carbonyl (C=O) groups excluding carboxylic acids is 4. The Bertz CT molecular complexity index is 887. The highest BCUT2D eigenvalue weighted by Gasteiger charge is 2.46. The molecular weight excluding hydrogens is 616 g/mol. The second kappa shape index (κ2) is 20.7. The van der Waals surface area contributed by atoms with E-state index in [0.717, 1.165) is 0 Å². The van der Waals surface area contributed by atoms with E-state index >= 15 is 0 Å². The lowest BCUT2D eigenvalue weighted by Gasteiger charge is -2.42. The average molecular weight is 667 g/mol. The van der Waals surface area contributed by atoms with Crippen molar-refractivity contribution in [3.63, 3.8) is 0 Å². The quantitative estimate of drug-likeness (QED) is 0.0582. The van der Waals surface area contributed by atoms with E-state index in [-0.39, 0.29) is 51.0 Å². The first-order valence-corrected chi connectivity index (χ1v) is 15.4. The molecular formula is C28H50N4O14. The number of aliphatic hydroxyl groups is 6. The third kappa shape index (κ3) is 12.9. The topological polar surface area (TPSA) is 275 Å². The van der Waals surface area contributed by atoms with Crippen LogP contribution in [0, 0.1) is 0 Å². The summed E-state index contributed by atoms with van der Waals surface area (Å²) in [5, 5.41) is 69.7. The molecule has 0 saturated carbocycles. The van der Waals surface area contributed by atoms with E-state index in [1.165, 1.54) is 13.8 Å². The molecule has 0 aromatic carbocycles. The van der Waals surface area contributed by atoms with Crippen LogP contribution in [0.5, 0.6) is 0 Å². The first kappa shape index (κ1) is 39.7. The molecule has 2 aliphatic rings. The summed E-state index contributed by atoms with van der Waals surface area (Å²) in [6.07, 6.45) is -7.74. The molecule has 0 radical (unpaired) electrons. The predicted octanol–water partition coefficient (Wildman–Crippen LogP) is -4.52. The summed E-state index contributed by atoms with van der Waals surface area (Å²) in [4.78, 5) is 47.2. The van der Waals surface area contributed by atoms with Crippen molar-refractivity contribution in [3.8, 4) is 0 Å². The van der Waals surface area contributed by atoms with Crippen LogP contribution in [0.3, 0.4) is 0 Å². The SMILES string of the molecule is CC(=O)NC1[C@H](OCCCCC(=O)NCCNC(=O)CCCCO[C@@H]2OC(CO)[C@H](O)[C@H](O)C2NC(C)=O)OC(CO)[C@H](O)[C@@H]1O. The van der Waals surface area contributed by atoms with Crippen LogP contribution < -0.4 is 21.3 Å². The molecule has 18 nitrogen and oxygen atoms in total. The molecule has 0 bridgehead atoms. The summed E-state index contributed by atoms with van der Waals surface area (Å²) in [7, 11) is 0. The lowest BCUT2D eigenvalue weighted by atomic mass is 9.97. The minimum absolute atomic E-state index is 0.133. The van der Waals surface area contributed by atoms with Gasteiger partial charge in [-0.15, -0.1) is 0 Å². The highest BCUT2D eigenvalue weighted by Crippen LogP contribution is 2.23. The number of hydrogen-bond donors (Lipinski definition) is 10. The maximum absolute atomic E-state index is 12.1. The van der Waals surface area contributed by atoms with Gasteiger partial charge in [0.2, 0.25) is 23.6 Å². The van der Waals surface area contributed by atoms with Crippen LogP contribution in [0.25, 0.3) is 0 Å². The van der Waals surface area contributed by atoms with E-state index in [0.29, 0.717) is 25.7 Å². The summed E-state index contributed by atoms with van der Waals surface area (Å²) in [6.45, 7) is 2.11. The lowest BCUT2D eigenvalue weighted by Crippen LogP contribution is -2.64. The Hall–Kier alpha value is -2.52. The van der Waals surface area contributed by atoms with Crippen molar-refractivity contribution in [2.75, 3.05) is 39.5 Å². The first-order chi connectivity index (χ1) is 21.9. The molecule has 18 heteroatoms. The number of aliphatic hydroxyl groups excluding tert-OH is 6. The van der Waals surface area contributed by atoms with Gasteiger partial charge in [0.05, 0.1) is 13.2 Å². The standard InChI is InChI=1S/C28H50N4O14/c1-15(35)31-21-25(41)23(39)17(13-33)45-27(21)43-11-5-3-7-19(37)29-9-10-30-20(38)8-4-6-12-44-28-22(32-16(2)36)26(42)24(40)18(14-34)46-28/h17-18,21-28,33-34,39-42H,3-14H2,1-2H3,(H,29,37)(H,30,38)(H,31,35)(H,32,36)/t17?,18?,21?,22?,23-,24-,25+,26+,27+,28+/m0/s1. The fourth-order valence-corrected chi connectivity index (χ4v) is 4.98. The highest BCUT2D eigenvalue weighted by molar-refractivity contribution is 5.77. The van der Waals surface area contributed by atoms with Crippen molar-refractivity contribution in [3.05, 3.63) is 0 Å². The Balaban J connectivity index is 1.55. The van der Waals surface area contributed by atoms with Crippen LogP contribution in [0.2, 0.25) is 0 Å². The van der Waals surface area contributed by atoms with Gasteiger partial charge < -0.3 is 70.9 Å². The Morgan fingerprint density at radius 1 is 0.609 bits per heavy atom. The van der Waals surface area contributed by atoms with E-state index in [1.54, 1.807) is 0 Å². The smallest absolute Gasteiger partial charge is 0.220 e. The molecule has 4 amide bonds. The van der Waals surface area contributed by atoms with E-state index < -0.39 is 86.3 Å². The van der Waals surface area contributed by atoms with Crippen LogP contribution in [0.4, 0.5) is 0 Å². The van der Waals surface area contributed by atoms with E-state index in [2.05, 4.69) is 21.3 Å². The zero-order chi connectivity index (χ0) is 34.2. The van der Waals surface area contributed by atoms with Gasteiger partial charge in [-0.1, -0.05) is 0 Å². The van der Waals surface area contributed by atoms with Gasteiger partial charge in [0.1, 0.15) is 48.7 Å². The van der Waals surface area contributed by atoms with E-state index in [1.807, 2.05) is 0 Å². The van der Waals surface area contributed by atoms with Crippen molar-refractivity contribution in [1.82, 2.24) is 21.3 Å². The fraction of sp³-hybridized carbons (Fsp3) is 0.857. The Morgan fingerprint density at radius 2 is 0.978 bits per heavy atom. The van der Waals surface area contributed by atoms with E-state index in [4.69, 9.17) is 18.9 Å². The molecule has 46 heavy (non-hydrogen) atoms. The van der Waals surface area contributed by atoms with Gasteiger partial charge in [0.25, 0.3) is 0 Å². The highest BCUT2D eigenvalue weighted by atomic mass is 16.7. The van der Waals surface area contributed by atoms with Gasteiger partial charge in [-0.3, -0.25) is 19.2 Å². The van der Waals surface area contributed by atoms with Crippen LogP contribution in [0.1, 0.15) is 52.4 Å². The van der Waals surface area contributed by atoms with Gasteiger partial charge in [0.15, 0.2) is 12.6 Å². The van der Waals surface area contributed by atoms with Crippen LogP contribution in [0.15, 0.2) is 0 Å². The van der Waals surface area contributed by atoms with Gasteiger partial charge in [-0.05, 0) is 25.7 Å². The molecule has 4 unspecified atom stereocenters. The summed E-state index contributed by atoms with van der Waals surface area (Å²) >= 11 is 0. The fourth-order valence-electron chi connectivity index (χ4n) is 4.98. The minimum atomic E-state index is -1.40. The predicted molar refractivity (Wildman–Crippen MR) is 156 cm³/mol. The molecule has 266 valence electrons. The number of nitrogens with one attached hydrogen (secondary N) is 4. The van der Waals surface area contributed by atoms with Gasteiger partial charge in [0, 0.05) is 53.0 Å². The molecule has 10 atom stereocenters. The van der Waals surface area contributed by atoms with E-state index in [9.17, 15) is 49.8 Å². The van der Waals surface area contributed by atoms with Crippen LogP contribution >= 0.6 is 0 Å². The molecule has 10 N–H and O–H groups in total. The lowest BCUT2D eigenvalue weighted by molar-refractivity contribution is -0.270. The minimum Gasteiger partial charge on any atom is -0.394 e. The van der Waals surface area contributed by atoms with Gasteiger partial charge in [-0.2, -0.15) is 0 Å². The third-order valence-electron chi connectivity index (χ3n) is 7.43.